The van der Waals surface area contributed by atoms with Crippen LogP contribution in [0.25, 0.3) is 77.3 Å². The highest BCUT2D eigenvalue weighted by Gasteiger charge is 2.16. The number of hydrogen-bond donors (Lipinski definition) is 0. The van der Waals surface area contributed by atoms with Gasteiger partial charge < -0.3 is 13.7 Å². The molecule has 0 atom stereocenters. The number of para-hydroxylation sites is 2. The number of benzene rings is 8. The molecule has 0 aliphatic heterocycles. The smallest absolute Gasteiger partial charge is 0.135 e. The van der Waals surface area contributed by atoms with Crippen molar-refractivity contribution in [3.63, 3.8) is 0 Å². The van der Waals surface area contributed by atoms with Gasteiger partial charge in [-0.05, 0) is 124 Å². The van der Waals surface area contributed by atoms with Gasteiger partial charge in [0.05, 0.1) is 23.3 Å². The Morgan fingerprint density at radius 2 is 0.691 bits per heavy atom. The van der Waals surface area contributed by atoms with Gasteiger partial charge in [-0.3, -0.25) is 0 Å². The third-order valence-electron chi connectivity index (χ3n) is 10.3. The Hall–Kier alpha value is -7.86. The molecule has 0 unspecified atom stereocenters. The SMILES string of the molecule is N#Cc1cc(C#N)cc(-c2ccc(N(c3ccc(-c4ccc5oc6ccccc6c5c4)cc3)c3ccc(-c4ccc5oc6ccccc6c5c4)cc3)cc2)c1. The summed E-state index contributed by atoms with van der Waals surface area (Å²) in [5.74, 6) is 0. The number of fused-ring (bicyclic) bond motifs is 6. The van der Waals surface area contributed by atoms with E-state index in [-0.39, 0.29) is 0 Å². The molecule has 0 spiro atoms. The fraction of sp³-hybridized carbons (Fsp3) is 0. The third kappa shape index (κ3) is 5.65. The Morgan fingerprint density at radius 1 is 0.327 bits per heavy atom. The summed E-state index contributed by atoms with van der Waals surface area (Å²) >= 11 is 0. The monoisotopic (exact) mass is 703 g/mol. The van der Waals surface area contributed by atoms with Crippen molar-refractivity contribution in [3.05, 3.63) is 187 Å². The average molecular weight is 704 g/mol. The molecule has 0 aliphatic carbocycles. The van der Waals surface area contributed by atoms with Crippen LogP contribution in [-0.4, -0.2) is 0 Å². The van der Waals surface area contributed by atoms with Gasteiger partial charge in [0.1, 0.15) is 22.3 Å². The van der Waals surface area contributed by atoms with Crippen molar-refractivity contribution in [2.24, 2.45) is 0 Å². The first kappa shape index (κ1) is 31.8. The minimum Gasteiger partial charge on any atom is -0.456 e. The lowest BCUT2D eigenvalue weighted by Gasteiger charge is -2.26. The molecule has 0 saturated heterocycles. The highest BCUT2D eigenvalue weighted by Crippen LogP contribution is 2.40. The Balaban J connectivity index is 1.03. The molecule has 0 N–H and O–H groups in total. The average Bonchev–Trinajstić information content (AvgIpc) is 3.82. The highest BCUT2D eigenvalue weighted by molar-refractivity contribution is 6.07. The molecule has 5 heteroatoms. The molecular weight excluding hydrogens is 675 g/mol. The van der Waals surface area contributed by atoms with Gasteiger partial charge in [-0.2, -0.15) is 10.5 Å². The van der Waals surface area contributed by atoms with E-state index in [1.165, 1.54) is 0 Å². The predicted octanol–water partition coefficient (Wildman–Crippen LogP) is 13.7. The topological polar surface area (TPSA) is 77.1 Å². The zero-order chi connectivity index (χ0) is 36.9. The van der Waals surface area contributed by atoms with E-state index >= 15 is 0 Å². The van der Waals surface area contributed by atoms with Crippen molar-refractivity contribution in [1.82, 2.24) is 0 Å². The summed E-state index contributed by atoms with van der Waals surface area (Å²) in [7, 11) is 0. The van der Waals surface area contributed by atoms with Crippen LogP contribution in [0.1, 0.15) is 11.1 Å². The molecule has 10 aromatic rings. The van der Waals surface area contributed by atoms with E-state index in [0.717, 1.165) is 94.3 Å². The van der Waals surface area contributed by atoms with Crippen LogP contribution in [0, 0.1) is 22.7 Å². The molecule has 0 fully saturated rings. The van der Waals surface area contributed by atoms with Crippen molar-refractivity contribution < 1.29 is 8.83 Å². The van der Waals surface area contributed by atoms with E-state index in [4.69, 9.17) is 8.83 Å². The lowest BCUT2D eigenvalue weighted by Crippen LogP contribution is -2.09. The van der Waals surface area contributed by atoms with E-state index in [2.05, 4.69) is 114 Å². The molecule has 0 amide bonds. The molecule has 0 radical (unpaired) electrons. The van der Waals surface area contributed by atoms with Crippen LogP contribution >= 0.6 is 0 Å². The van der Waals surface area contributed by atoms with Gasteiger partial charge in [-0.15, -0.1) is 0 Å². The first-order valence-electron chi connectivity index (χ1n) is 18.0. The van der Waals surface area contributed by atoms with E-state index in [1.807, 2.05) is 72.8 Å². The second-order valence-corrected chi connectivity index (χ2v) is 13.6. The zero-order valence-corrected chi connectivity index (χ0v) is 29.4. The van der Waals surface area contributed by atoms with Gasteiger partial charge in [0, 0.05) is 38.6 Å². The van der Waals surface area contributed by atoms with Gasteiger partial charge in [-0.25, -0.2) is 0 Å². The lowest BCUT2D eigenvalue weighted by atomic mass is 9.99. The molecule has 8 aromatic carbocycles. The molecule has 0 aliphatic rings. The summed E-state index contributed by atoms with van der Waals surface area (Å²) in [6.07, 6.45) is 0. The minimum absolute atomic E-state index is 0.458. The van der Waals surface area contributed by atoms with Crippen molar-refractivity contribution in [2.45, 2.75) is 0 Å². The summed E-state index contributed by atoms with van der Waals surface area (Å²) in [6.45, 7) is 0. The Kier molecular flexibility index (Phi) is 7.51. The number of furan rings is 2. The Morgan fingerprint density at radius 3 is 1.11 bits per heavy atom. The standard InChI is InChI=1S/C50H29N3O2/c51-30-32-25-33(31-52)27-39(26-32)36-13-21-42(22-14-36)53(40-17-9-34(10-18-40)37-15-23-49-45(28-37)43-5-1-3-7-47(43)54-49)41-19-11-35(12-20-41)38-16-24-50-46(29-38)44-6-2-4-8-48(44)55-50/h1-29H. The molecule has 0 saturated carbocycles. The predicted molar refractivity (Wildman–Crippen MR) is 221 cm³/mol. The van der Waals surface area contributed by atoms with Crippen molar-refractivity contribution in [1.29, 1.82) is 10.5 Å². The van der Waals surface area contributed by atoms with E-state index < -0.39 is 0 Å². The Labute approximate surface area is 316 Å². The third-order valence-corrected chi connectivity index (χ3v) is 10.3. The fourth-order valence-corrected chi connectivity index (χ4v) is 7.59. The summed E-state index contributed by atoms with van der Waals surface area (Å²) < 4.78 is 12.2. The second-order valence-electron chi connectivity index (χ2n) is 13.6. The largest absolute Gasteiger partial charge is 0.456 e. The molecular formula is C50H29N3O2. The molecule has 10 rings (SSSR count). The van der Waals surface area contributed by atoms with Crippen LogP contribution in [0.3, 0.4) is 0 Å². The second kappa shape index (κ2) is 13.0. The van der Waals surface area contributed by atoms with Crippen LogP contribution in [-0.2, 0) is 0 Å². The van der Waals surface area contributed by atoms with E-state index in [9.17, 15) is 10.5 Å². The Bertz CT molecular complexity index is 2970. The maximum atomic E-state index is 9.57. The van der Waals surface area contributed by atoms with Gasteiger partial charge >= 0.3 is 0 Å². The fourth-order valence-electron chi connectivity index (χ4n) is 7.59. The molecule has 0 bridgehead atoms. The number of anilines is 3. The number of rotatable bonds is 6. The van der Waals surface area contributed by atoms with Crippen molar-refractivity contribution >= 4 is 60.9 Å². The maximum absolute atomic E-state index is 9.57. The first-order valence-corrected chi connectivity index (χ1v) is 18.0. The number of nitrogens with zero attached hydrogens (tertiary/aromatic N) is 3. The van der Waals surface area contributed by atoms with Crippen LogP contribution in [0.4, 0.5) is 17.1 Å². The number of nitriles is 2. The van der Waals surface area contributed by atoms with E-state index in [0.29, 0.717) is 11.1 Å². The quantitative estimate of drug-likeness (QED) is 0.172. The van der Waals surface area contributed by atoms with Crippen molar-refractivity contribution in [2.75, 3.05) is 4.90 Å². The molecule has 2 aromatic heterocycles. The molecule has 2 heterocycles. The first-order chi connectivity index (χ1) is 27.1. The minimum atomic E-state index is 0.458. The van der Waals surface area contributed by atoms with Gasteiger partial charge in [0.15, 0.2) is 0 Å². The molecule has 55 heavy (non-hydrogen) atoms. The van der Waals surface area contributed by atoms with Crippen LogP contribution in [0.15, 0.2) is 185 Å². The zero-order valence-electron chi connectivity index (χ0n) is 29.4. The van der Waals surface area contributed by atoms with Crippen LogP contribution in [0.5, 0.6) is 0 Å². The van der Waals surface area contributed by atoms with Crippen molar-refractivity contribution in [3.8, 4) is 45.5 Å². The normalized spacial score (nSPS) is 11.2. The highest BCUT2D eigenvalue weighted by atomic mass is 16.3. The molecule has 5 nitrogen and oxygen atoms in total. The maximum Gasteiger partial charge on any atom is 0.135 e. The van der Waals surface area contributed by atoms with Crippen LogP contribution < -0.4 is 4.90 Å². The molecule has 256 valence electrons. The summed E-state index contributed by atoms with van der Waals surface area (Å²) in [5.41, 5.74) is 13.6. The van der Waals surface area contributed by atoms with Gasteiger partial charge in [-0.1, -0.05) is 84.9 Å². The summed E-state index contributed by atoms with van der Waals surface area (Å²) in [6, 6.07) is 64.1. The number of hydrogen-bond acceptors (Lipinski definition) is 5. The van der Waals surface area contributed by atoms with Gasteiger partial charge in [0.2, 0.25) is 0 Å². The van der Waals surface area contributed by atoms with Gasteiger partial charge in [0.25, 0.3) is 0 Å². The summed E-state index contributed by atoms with van der Waals surface area (Å²) in [4.78, 5) is 2.24. The lowest BCUT2D eigenvalue weighted by molar-refractivity contribution is 0.668. The summed E-state index contributed by atoms with van der Waals surface area (Å²) in [5, 5.41) is 23.5. The van der Waals surface area contributed by atoms with E-state index in [1.54, 1.807) is 6.07 Å². The van der Waals surface area contributed by atoms with Crippen LogP contribution in [0.2, 0.25) is 0 Å².